The zero-order chi connectivity index (χ0) is 17.1. The number of nitrogens with zero attached hydrogens (tertiary/aromatic N) is 2. The molecule has 0 bridgehead atoms. The monoisotopic (exact) mass is 370 g/mol. The molecule has 6 nitrogen and oxygen atoms in total. The number of hydrogen-bond acceptors (Lipinski definition) is 6. The summed E-state index contributed by atoms with van der Waals surface area (Å²) in [5, 5.41) is 4.20. The average Bonchev–Trinajstić information content (AvgIpc) is 2.95. The smallest absolute Gasteiger partial charge is 0.324 e. The van der Waals surface area contributed by atoms with Crippen LogP contribution in [0.15, 0.2) is 28.7 Å². The lowest BCUT2D eigenvalue weighted by Crippen LogP contribution is -3.14. The van der Waals surface area contributed by atoms with E-state index in [2.05, 4.69) is 5.10 Å². The Bertz CT molecular complexity index is 775. The number of ether oxygens (including phenoxy) is 1. The maximum atomic E-state index is 13.0. The summed E-state index contributed by atoms with van der Waals surface area (Å²) in [5.41, 5.74) is 0.665. The highest BCUT2D eigenvalue weighted by molar-refractivity contribution is 8.00. The van der Waals surface area contributed by atoms with E-state index >= 15 is 0 Å². The molecule has 1 aromatic carbocycles. The molecule has 1 aromatic heterocycles. The molecule has 1 N–H and O–H groups in total. The molecule has 1 unspecified atom stereocenters. The van der Waals surface area contributed by atoms with Gasteiger partial charge in [0.05, 0.1) is 13.7 Å². The van der Waals surface area contributed by atoms with Crippen LogP contribution < -0.4 is 4.90 Å². The van der Waals surface area contributed by atoms with Gasteiger partial charge in [0.1, 0.15) is 12.4 Å². The largest absolute Gasteiger partial charge is 0.468 e. The fourth-order valence-electron chi connectivity index (χ4n) is 2.52. The van der Waals surface area contributed by atoms with E-state index in [1.807, 2.05) is 0 Å². The molecule has 2 heterocycles. The minimum Gasteiger partial charge on any atom is -0.468 e. The number of rotatable bonds is 4. The van der Waals surface area contributed by atoms with E-state index in [0.29, 0.717) is 24.7 Å². The van der Waals surface area contributed by atoms with E-state index in [9.17, 15) is 9.18 Å². The van der Waals surface area contributed by atoms with Gasteiger partial charge in [-0.3, -0.25) is 4.79 Å². The van der Waals surface area contributed by atoms with Crippen LogP contribution in [0.2, 0.25) is 0 Å². The predicted octanol–water partition coefficient (Wildman–Crippen LogP) is 1.14. The van der Waals surface area contributed by atoms with Gasteiger partial charge in [-0.25, -0.2) is 4.39 Å². The van der Waals surface area contributed by atoms with Gasteiger partial charge in [0.15, 0.2) is 11.9 Å². The molecular weight excluding hydrogens is 353 g/mol. The van der Waals surface area contributed by atoms with Crippen LogP contribution in [-0.4, -0.2) is 47.0 Å². The van der Waals surface area contributed by atoms with Gasteiger partial charge in [0.2, 0.25) is 5.89 Å². The predicted molar refractivity (Wildman–Crippen MR) is 89.7 cm³/mol. The van der Waals surface area contributed by atoms with Gasteiger partial charge < -0.3 is 14.1 Å². The summed E-state index contributed by atoms with van der Waals surface area (Å²) in [6.45, 7) is 2.06. The normalized spacial score (nSPS) is 20.8. The van der Waals surface area contributed by atoms with Crippen LogP contribution in [0.4, 0.5) is 4.39 Å². The van der Waals surface area contributed by atoms with Crippen molar-refractivity contribution in [3.63, 3.8) is 0 Å². The van der Waals surface area contributed by atoms with Crippen LogP contribution in [0.1, 0.15) is 0 Å². The quantitative estimate of drug-likeness (QED) is 0.643. The number of carbonyl (C=O) groups is 1. The molecule has 1 aliphatic rings. The molecule has 0 aliphatic carbocycles. The van der Waals surface area contributed by atoms with E-state index in [1.165, 1.54) is 24.1 Å². The summed E-state index contributed by atoms with van der Waals surface area (Å²) in [4.78, 5) is 13.1. The lowest BCUT2D eigenvalue weighted by Gasteiger charge is -2.27. The Morgan fingerprint density at radius 3 is 3.00 bits per heavy atom. The van der Waals surface area contributed by atoms with E-state index in [0.717, 1.165) is 12.3 Å². The van der Waals surface area contributed by atoms with Crippen molar-refractivity contribution in [3.05, 3.63) is 34.9 Å². The highest BCUT2D eigenvalue weighted by Gasteiger charge is 2.30. The van der Waals surface area contributed by atoms with Crippen molar-refractivity contribution in [2.45, 2.75) is 11.9 Å². The maximum Gasteiger partial charge on any atom is 0.324 e. The van der Waals surface area contributed by atoms with Crippen molar-refractivity contribution in [2.75, 3.05) is 26.0 Å². The third-order valence-corrected chi connectivity index (χ3v) is 5.28. The zero-order valence-corrected chi connectivity index (χ0v) is 14.7. The van der Waals surface area contributed by atoms with Crippen molar-refractivity contribution in [2.24, 2.45) is 0 Å². The summed E-state index contributed by atoms with van der Waals surface area (Å²) in [5.74, 6) is 0.703. The van der Waals surface area contributed by atoms with Gasteiger partial charge >= 0.3 is 5.97 Å². The van der Waals surface area contributed by atoms with Crippen LogP contribution in [0, 0.1) is 10.7 Å². The summed E-state index contributed by atoms with van der Waals surface area (Å²) in [7, 11) is 1.40. The second kappa shape index (κ2) is 7.45. The van der Waals surface area contributed by atoms with E-state index < -0.39 is 0 Å². The van der Waals surface area contributed by atoms with Gasteiger partial charge in [0.25, 0.3) is 4.84 Å². The molecule has 9 heteroatoms. The number of benzene rings is 1. The van der Waals surface area contributed by atoms with Crippen LogP contribution in [0.5, 0.6) is 0 Å². The molecular formula is C15H17FN3O3S2+. The minimum atomic E-state index is -0.319. The molecule has 128 valence electrons. The Morgan fingerprint density at radius 1 is 1.54 bits per heavy atom. The Morgan fingerprint density at radius 2 is 2.29 bits per heavy atom. The Kier molecular flexibility index (Phi) is 5.32. The molecule has 0 amide bonds. The van der Waals surface area contributed by atoms with E-state index in [4.69, 9.17) is 21.4 Å². The van der Waals surface area contributed by atoms with Gasteiger partial charge in [-0.2, -0.15) is 4.68 Å². The van der Waals surface area contributed by atoms with Crippen LogP contribution in [0.3, 0.4) is 0 Å². The Hall–Kier alpha value is -1.71. The standard InChI is InChI=1S/C15H16FN3O3S2/c1-21-14(20)12-8-18(6-7-24-12)9-19-15(23)22-13(17-19)10-2-4-11(16)5-3-10/h2-5,12H,6-9H2,1H3/p+1/t12-/m0/s1. The summed E-state index contributed by atoms with van der Waals surface area (Å²) < 4.78 is 24.9. The van der Waals surface area contributed by atoms with Crippen molar-refractivity contribution < 1.29 is 23.2 Å². The number of esters is 1. The fourth-order valence-corrected chi connectivity index (χ4v) is 3.98. The first-order valence-electron chi connectivity index (χ1n) is 7.43. The maximum absolute atomic E-state index is 13.0. The molecule has 3 rings (SSSR count). The topological polar surface area (TPSA) is 61.7 Å². The number of aromatic nitrogens is 2. The second-order valence-corrected chi connectivity index (χ2v) is 7.08. The number of hydrogen-bond donors (Lipinski definition) is 1. The van der Waals surface area contributed by atoms with Crippen molar-refractivity contribution in [1.29, 1.82) is 0 Å². The first-order chi connectivity index (χ1) is 11.6. The van der Waals surface area contributed by atoms with Gasteiger partial charge in [0, 0.05) is 11.3 Å². The van der Waals surface area contributed by atoms with Gasteiger partial charge in [-0.1, -0.05) is 0 Å². The number of methoxy groups -OCH3 is 1. The summed E-state index contributed by atoms with van der Waals surface area (Å²) in [6, 6.07) is 5.89. The minimum absolute atomic E-state index is 0.170. The molecule has 1 aliphatic heterocycles. The van der Waals surface area contributed by atoms with Gasteiger partial charge in [-0.15, -0.1) is 16.9 Å². The number of nitrogens with one attached hydrogen (secondary N) is 1. The molecule has 2 atom stereocenters. The number of carbonyl (C=O) groups excluding carboxylic acids is 1. The molecule has 1 saturated heterocycles. The third kappa shape index (κ3) is 3.85. The Balaban J connectivity index is 1.73. The third-order valence-electron chi connectivity index (χ3n) is 3.78. The van der Waals surface area contributed by atoms with Crippen molar-refractivity contribution >= 4 is 29.9 Å². The van der Waals surface area contributed by atoms with Crippen molar-refractivity contribution in [1.82, 2.24) is 9.78 Å². The lowest BCUT2D eigenvalue weighted by atomic mass is 10.2. The van der Waals surface area contributed by atoms with Crippen LogP contribution >= 0.6 is 24.0 Å². The molecule has 2 aromatic rings. The molecule has 24 heavy (non-hydrogen) atoms. The molecule has 1 fully saturated rings. The Labute approximate surface area is 147 Å². The number of halogens is 1. The molecule has 0 spiro atoms. The number of thioether (sulfide) groups is 1. The average molecular weight is 370 g/mol. The van der Waals surface area contributed by atoms with Gasteiger partial charge in [-0.05, 0) is 36.5 Å². The first-order valence-corrected chi connectivity index (χ1v) is 8.89. The second-order valence-electron chi connectivity index (χ2n) is 5.42. The SMILES string of the molecule is COC(=O)[C@@H]1C[NH+](Cn2nc(-c3ccc(F)cc3)oc2=S)CCS1. The first kappa shape index (κ1) is 17.1. The molecule has 0 radical (unpaired) electrons. The molecule has 0 saturated carbocycles. The van der Waals surface area contributed by atoms with Crippen molar-refractivity contribution in [3.8, 4) is 11.5 Å². The van der Waals surface area contributed by atoms with Crippen LogP contribution in [-0.2, 0) is 16.2 Å². The van der Waals surface area contributed by atoms with E-state index in [-0.39, 0.29) is 21.9 Å². The summed E-state index contributed by atoms with van der Waals surface area (Å²) in [6.07, 6.45) is 0. The highest BCUT2D eigenvalue weighted by atomic mass is 32.2. The number of quaternary nitrogens is 1. The zero-order valence-electron chi connectivity index (χ0n) is 13.0. The summed E-state index contributed by atoms with van der Waals surface area (Å²) >= 11 is 6.83. The highest BCUT2D eigenvalue weighted by Crippen LogP contribution is 2.18. The lowest BCUT2D eigenvalue weighted by molar-refractivity contribution is -0.921. The fraction of sp³-hybridized carbons (Fsp3) is 0.400. The van der Waals surface area contributed by atoms with Crippen LogP contribution in [0.25, 0.3) is 11.5 Å². The van der Waals surface area contributed by atoms with E-state index in [1.54, 1.807) is 28.6 Å².